The molecule has 0 radical (unpaired) electrons. The molecule has 3 rings (SSSR count). The summed E-state index contributed by atoms with van der Waals surface area (Å²) in [6.45, 7) is 6.75. The first-order chi connectivity index (χ1) is 9.55. The normalized spacial score (nSPS) is 19.1. The Morgan fingerprint density at radius 2 is 1.70 bits per heavy atom. The maximum absolute atomic E-state index is 4.38. The van der Waals surface area contributed by atoms with Crippen LogP contribution < -0.4 is 5.32 Å². The Morgan fingerprint density at radius 1 is 1.05 bits per heavy atom. The number of rotatable bonds is 2. The number of aromatic nitrogens is 2. The molecule has 1 fully saturated rings. The van der Waals surface area contributed by atoms with E-state index in [1.807, 2.05) is 6.92 Å². The van der Waals surface area contributed by atoms with E-state index in [0.717, 1.165) is 11.5 Å². The molecule has 2 aromatic rings. The van der Waals surface area contributed by atoms with Gasteiger partial charge in [0.25, 0.3) is 0 Å². The summed E-state index contributed by atoms with van der Waals surface area (Å²) in [6.07, 6.45) is 5.00. The zero-order valence-electron chi connectivity index (χ0n) is 12.6. The molecular formula is C17H23N3. The van der Waals surface area contributed by atoms with E-state index in [1.165, 1.54) is 36.5 Å². The van der Waals surface area contributed by atoms with E-state index in [-0.39, 0.29) is 0 Å². The summed E-state index contributed by atoms with van der Waals surface area (Å²) >= 11 is 0. The van der Waals surface area contributed by atoms with Crippen molar-refractivity contribution in [2.45, 2.75) is 52.5 Å². The van der Waals surface area contributed by atoms with Gasteiger partial charge in [-0.1, -0.05) is 38.1 Å². The topological polar surface area (TPSA) is 37.8 Å². The van der Waals surface area contributed by atoms with Crippen LogP contribution in [0.4, 0.5) is 5.82 Å². The van der Waals surface area contributed by atoms with Gasteiger partial charge >= 0.3 is 0 Å². The van der Waals surface area contributed by atoms with E-state index in [9.17, 15) is 0 Å². The van der Waals surface area contributed by atoms with Crippen LogP contribution in [0.25, 0.3) is 10.8 Å². The van der Waals surface area contributed by atoms with Crippen molar-refractivity contribution in [1.82, 2.24) is 10.2 Å². The fourth-order valence-electron chi connectivity index (χ4n) is 3.08. The molecule has 0 atom stereocenters. The molecule has 1 aromatic carbocycles. The van der Waals surface area contributed by atoms with E-state index in [0.29, 0.717) is 11.5 Å². The molecule has 0 spiro atoms. The molecule has 1 aliphatic rings. The third-order valence-corrected chi connectivity index (χ3v) is 4.55. The van der Waals surface area contributed by atoms with Crippen LogP contribution in [0.15, 0.2) is 24.3 Å². The van der Waals surface area contributed by atoms with Crippen molar-refractivity contribution in [3.05, 3.63) is 30.0 Å². The summed E-state index contributed by atoms with van der Waals surface area (Å²) in [5, 5.41) is 14.7. The Bertz CT molecular complexity index is 609. The third-order valence-electron chi connectivity index (χ3n) is 4.55. The van der Waals surface area contributed by atoms with Crippen LogP contribution in [0.1, 0.15) is 45.2 Å². The summed E-state index contributed by atoms with van der Waals surface area (Å²) < 4.78 is 0. The molecule has 1 saturated carbocycles. The van der Waals surface area contributed by atoms with Crippen LogP contribution in [-0.4, -0.2) is 16.2 Å². The smallest absolute Gasteiger partial charge is 0.156 e. The number of aryl methyl sites for hydroxylation is 1. The van der Waals surface area contributed by atoms with Gasteiger partial charge in [-0.15, -0.1) is 5.10 Å². The predicted molar refractivity (Wildman–Crippen MR) is 83.9 cm³/mol. The van der Waals surface area contributed by atoms with E-state index in [1.54, 1.807) is 0 Å². The van der Waals surface area contributed by atoms with E-state index >= 15 is 0 Å². The number of anilines is 1. The highest BCUT2D eigenvalue weighted by molar-refractivity contribution is 5.92. The molecule has 0 unspecified atom stereocenters. The SMILES string of the molecule is Cc1nnc(NC2CCC(C)(C)CC2)c2ccccc12. The molecule has 1 N–H and O–H groups in total. The van der Waals surface area contributed by atoms with Crippen molar-refractivity contribution in [3.63, 3.8) is 0 Å². The van der Waals surface area contributed by atoms with Crippen molar-refractivity contribution >= 4 is 16.6 Å². The lowest BCUT2D eigenvalue weighted by Gasteiger charge is -2.34. The minimum Gasteiger partial charge on any atom is -0.365 e. The van der Waals surface area contributed by atoms with Gasteiger partial charge in [-0.3, -0.25) is 0 Å². The maximum atomic E-state index is 4.38. The van der Waals surface area contributed by atoms with Gasteiger partial charge in [0.1, 0.15) is 0 Å². The summed E-state index contributed by atoms with van der Waals surface area (Å²) in [6, 6.07) is 8.91. The largest absolute Gasteiger partial charge is 0.365 e. The number of nitrogens with one attached hydrogen (secondary N) is 1. The molecule has 106 valence electrons. The first kappa shape index (κ1) is 13.3. The first-order valence-electron chi connectivity index (χ1n) is 7.54. The van der Waals surface area contributed by atoms with Gasteiger partial charge in [0.15, 0.2) is 5.82 Å². The van der Waals surface area contributed by atoms with Gasteiger partial charge in [0, 0.05) is 16.8 Å². The summed E-state index contributed by atoms with van der Waals surface area (Å²) in [5.41, 5.74) is 1.50. The van der Waals surface area contributed by atoms with Gasteiger partial charge in [0.05, 0.1) is 5.69 Å². The average molecular weight is 269 g/mol. The third kappa shape index (κ3) is 2.62. The van der Waals surface area contributed by atoms with Crippen LogP contribution in [0.5, 0.6) is 0 Å². The van der Waals surface area contributed by atoms with Gasteiger partial charge < -0.3 is 5.32 Å². The van der Waals surface area contributed by atoms with Crippen LogP contribution in [0.2, 0.25) is 0 Å². The lowest BCUT2D eigenvalue weighted by molar-refractivity contribution is 0.232. The van der Waals surface area contributed by atoms with Crippen LogP contribution in [0, 0.1) is 12.3 Å². The lowest BCUT2D eigenvalue weighted by atomic mass is 9.75. The molecule has 0 saturated heterocycles. The molecule has 1 aromatic heterocycles. The highest BCUT2D eigenvalue weighted by Gasteiger charge is 2.27. The molecule has 20 heavy (non-hydrogen) atoms. The van der Waals surface area contributed by atoms with Gasteiger partial charge in [-0.05, 0) is 38.0 Å². The van der Waals surface area contributed by atoms with Crippen LogP contribution in [0.3, 0.4) is 0 Å². The molecule has 3 nitrogen and oxygen atoms in total. The lowest BCUT2D eigenvalue weighted by Crippen LogP contribution is -2.30. The number of hydrogen-bond donors (Lipinski definition) is 1. The molecule has 3 heteroatoms. The fraction of sp³-hybridized carbons (Fsp3) is 0.529. The second kappa shape index (κ2) is 5.04. The number of nitrogens with zero attached hydrogens (tertiary/aromatic N) is 2. The summed E-state index contributed by atoms with van der Waals surface area (Å²) in [7, 11) is 0. The van der Waals surface area contributed by atoms with Crippen molar-refractivity contribution < 1.29 is 0 Å². The Labute approximate surface area is 120 Å². The minimum absolute atomic E-state index is 0.499. The number of fused-ring (bicyclic) bond motifs is 1. The van der Waals surface area contributed by atoms with Crippen molar-refractivity contribution in [2.24, 2.45) is 5.41 Å². The second-order valence-electron chi connectivity index (χ2n) is 6.76. The standard InChI is InChI=1S/C17H23N3/c1-12-14-6-4-5-7-15(14)16(20-19-12)18-13-8-10-17(2,3)11-9-13/h4-7,13H,8-11H2,1-3H3,(H,18,20). The highest BCUT2D eigenvalue weighted by atomic mass is 15.2. The average Bonchev–Trinajstić information content (AvgIpc) is 2.44. The quantitative estimate of drug-likeness (QED) is 0.882. The molecule has 1 aliphatic carbocycles. The van der Waals surface area contributed by atoms with E-state index < -0.39 is 0 Å². The van der Waals surface area contributed by atoms with Gasteiger partial charge in [0.2, 0.25) is 0 Å². The Hall–Kier alpha value is -1.64. The predicted octanol–water partition coefficient (Wildman–Crippen LogP) is 4.32. The van der Waals surface area contributed by atoms with Crippen LogP contribution in [-0.2, 0) is 0 Å². The Morgan fingerprint density at radius 3 is 2.40 bits per heavy atom. The summed E-state index contributed by atoms with van der Waals surface area (Å²) in [5.74, 6) is 0.941. The zero-order chi connectivity index (χ0) is 14.2. The Balaban J connectivity index is 1.83. The van der Waals surface area contributed by atoms with Gasteiger partial charge in [-0.2, -0.15) is 5.10 Å². The van der Waals surface area contributed by atoms with E-state index in [4.69, 9.17) is 0 Å². The molecule has 0 bridgehead atoms. The highest BCUT2D eigenvalue weighted by Crippen LogP contribution is 2.36. The van der Waals surface area contributed by atoms with Crippen molar-refractivity contribution in [2.75, 3.05) is 5.32 Å². The zero-order valence-corrected chi connectivity index (χ0v) is 12.6. The van der Waals surface area contributed by atoms with E-state index in [2.05, 4.69) is 53.6 Å². The summed E-state index contributed by atoms with van der Waals surface area (Å²) in [4.78, 5) is 0. The second-order valence-corrected chi connectivity index (χ2v) is 6.76. The minimum atomic E-state index is 0.499. The number of benzene rings is 1. The fourth-order valence-corrected chi connectivity index (χ4v) is 3.08. The molecule has 0 amide bonds. The monoisotopic (exact) mass is 269 g/mol. The molecule has 0 aliphatic heterocycles. The van der Waals surface area contributed by atoms with Crippen molar-refractivity contribution in [3.8, 4) is 0 Å². The first-order valence-corrected chi connectivity index (χ1v) is 7.54. The molecular weight excluding hydrogens is 246 g/mol. The van der Waals surface area contributed by atoms with Crippen LogP contribution >= 0.6 is 0 Å². The Kier molecular flexibility index (Phi) is 3.36. The maximum Gasteiger partial charge on any atom is 0.156 e. The van der Waals surface area contributed by atoms with Crippen molar-refractivity contribution in [1.29, 1.82) is 0 Å². The van der Waals surface area contributed by atoms with Gasteiger partial charge in [-0.25, -0.2) is 0 Å². The number of hydrogen-bond acceptors (Lipinski definition) is 3. The molecule has 1 heterocycles.